The average Bonchev–Trinajstić information content (AvgIpc) is 2.64. The van der Waals surface area contributed by atoms with E-state index in [0.29, 0.717) is 18.4 Å². The molecule has 2 rings (SSSR count). The number of sulfone groups is 1. The van der Waals surface area contributed by atoms with Crippen molar-refractivity contribution in [2.45, 2.75) is 18.9 Å². The Kier molecular flexibility index (Phi) is 3.68. The smallest absolute Gasteiger partial charge is 0.159 e. The predicted octanol–water partition coefficient (Wildman–Crippen LogP) is 1.27. The van der Waals surface area contributed by atoms with Crippen LogP contribution in [0.15, 0.2) is 18.2 Å². The van der Waals surface area contributed by atoms with Crippen molar-refractivity contribution in [1.82, 2.24) is 0 Å². The minimum absolute atomic E-state index is 0.0943. The fourth-order valence-electron chi connectivity index (χ4n) is 2.27. The van der Waals surface area contributed by atoms with Crippen LogP contribution in [0.3, 0.4) is 0 Å². The third-order valence-corrected chi connectivity index (χ3v) is 5.12. The quantitative estimate of drug-likeness (QED) is 0.903. The molecule has 0 saturated carbocycles. The Bertz CT molecular complexity index is 545. The Morgan fingerprint density at radius 2 is 2.06 bits per heavy atom. The lowest BCUT2D eigenvalue weighted by atomic mass is 9.94. The van der Waals surface area contributed by atoms with E-state index >= 15 is 0 Å². The van der Waals surface area contributed by atoms with Crippen molar-refractivity contribution in [3.8, 4) is 0 Å². The molecule has 0 spiro atoms. The van der Waals surface area contributed by atoms with Crippen molar-refractivity contribution >= 4 is 9.84 Å². The topological polar surface area (TPSA) is 60.2 Å². The molecule has 0 amide bonds. The van der Waals surface area contributed by atoms with Gasteiger partial charge >= 0.3 is 0 Å². The maximum absolute atomic E-state index is 13.0. The summed E-state index contributed by atoms with van der Waals surface area (Å²) in [6, 6.07) is 3.30. The van der Waals surface area contributed by atoms with Crippen LogP contribution in [0.5, 0.6) is 0 Å². The summed E-state index contributed by atoms with van der Waals surface area (Å²) in [7, 11) is -2.96. The van der Waals surface area contributed by atoms with Gasteiger partial charge in [-0.3, -0.25) is 0 Å². The number of hydrogen-bond donors (Lipinski definition) is 1. The molecule has 1 heterocycles. The molecule has 0 aliphatic carbocycles. The van der Waals surface area contributed by atoms with Gasteiger partial charge in [-0.25, -0.2) is 17.2 Å². The first-order valence-corrected chi connectivity index (χ1v) is 7.59. The maximum atomic E-state index is 13.0. The van der Waals surface area contributed by atoms with Gasteiger partial charge in [0, 0.05) is 6.04 Å². The zero-order valence-electron chi connectivity index (χ0n) is 9.77. The van der Waals surface area contributed by atoms with E-state index in [-0.39, 0.29) is 23.5 Å². The zero-order valence-corrected chi connectivity index (χ0v) is 10.6. The Labute approximate surface area is 105 Å². The summed E-state index contributed by atoms with van der Waals surface area (Å²) in [6.45, 7) is 0. The first-order chi connectivity index (χ1) is 8.37. The van der Waals surface area contributed by atoms with Crippen molar-refractivity contribution in [3.05, 3.63) is 35.4 Å². The van der Waals surface area contributed by atoms with Crippen LogP contribution >= 0.6 is 0 Å². The lowest BCUT2D eigenvalue weighted by Gasteiger charge is -2.17. The van der Waals surface area contributed by atoms with E-state index in [2.05, 4.69) is 0 Å². The Morgan fingerprint density at radius 3 is 2.61 bits per heavy atom. The van der Waals surface area contributed by atoms with Crippen LogP contribution < -0.4 is 5.73 Å². The first kappa shape index (κ1) is 13.4. The van der Waals surface area contributed by atoms with Crippen LogP contribution in [0.25, 0.3) is 0 Å². The molecule has 1 aromatic rings. The van der Waals surface area contributed by atoms with Gasteiger partial charge in [-0.05, 0) is 36.5 Å². The second kappa shape index (κ2) is 4.93. The van der Waals surface area contributed by atoms with E-state index < -0.39 is 21.5 Å². The lowest BCUT2D eigenvalue weighted by Crippen LogP contribution is -2.33. The number of nitrogens with two attached hydrogens (primary N) is 1. The van der Waals surface area contributed by atoms with Crippen LogP contribution in [0.2, 0.25) is 0 Å². The highest BCUT2D eigenvalue weighted by Gasteiger charge is 2.31. The summed E-state index contributed by atoms with van der Waals surface area (Å²) in [5.41, 5.74) is 6.53. The molecule has 0 bridgehead atoms. The molecule has 6 heteroatoms. The molecule has 1 aliphatic rings. The highest BCUT2D eigenvalue weighted by atomic mass is 32.2. The molecule has 1 saturated heterocycles. The summed E-state index contributed by atoms with van der Waals surface area (Å²) in [4.78, 5) is 0. The molecular weight excluding hydrogens is 260 g/mol. The maximum Gasteiger partial charge on any atom is 0.159 e. The van der Waals surface area contributed by atoms with Crippen molar-refractivity contribution in [2.24, 2.45) is 11.7 Å². The van der Waals surface area contributed by atoms with Crippen LogP contribution in [-0.4, -0.2) is 26.0 Å². The zero-order chi connectivity index (χ0) is 13.3. The number of halogens is 2. The summed E-state index contributed by atoms with van der Waals surface area (Å²) in [5.74, 6) is -1.63. The molecule has 1 aliphatic heterocycles. The van der Waals surface area contributed by atoms with Crippen molar-refractivity contribution < 1.29 is 17.2 Å². The van der Waals surface area contributed by atoms with Gasteiger partial charge in [-0.15, -0.1) is 0 Å². The standard InChI is InChI=1S/C12H15F2NO2S/c13-10-2-1-8(5-11(10)14)6-12(15)9-3-4-18(16,17)7-9/h1-2,5,9,12H,3-4,6-7,15H2. The number of benzene rings is 1. The van der Waals surface area contributed by atoms with E-state index in [0.717, 1.165) is 12.1 Å². The van der Waals surface area contributed by atoms with E-state index in [1.165, 1.54) is 6.07 Å². The number of hydrogen-bond acceptors (Lipinski definition) is 3. The average molecular weight is 275 g/mol. The van der Waals surface area contributed by atoms with Crippen LogP contribution in [-0.2, 0) is 16.3 Å². The van der Waals surface area contributed by atoms with Crippen molar-refractivity contribution in [2.75, 3.05) is 11.5 Å². The van der Waals surface area contributed by atoms with E-state index in [1.807, 2.05) is 0 Å². The Morgan fingerprint density at radius 1 is 1.33 bits per heavy atom. The van der Waals surface area contributed by atoms with E-state index in [9.17, 15) is 17.2 Å². The fourth-order valence-corrected chi connectivity index (χ4v) is 4.16. The van der Waals surface area contributed by atoms with Crippen LogP contribution in [0.1, 0.15) is 12.0 Å². The van der Waals surface area contributed by atoms with E-state index in [1.54, 1.807) is 0 Å². The minimum atomic E-state index is -2.96. The molecule has 1 aromatic carbocycles. The van der Waals surface area contributed by atoms with Crippen molar-refractivity contribution in [1.29, 1.82) is 0 Å². The SMILES string of the molecule is NC(Cc1ccc(F)c(F)c1)C1CCS(=O)(=O)C1. The minimum Gasteiger partial charge on any atom is -0.327 e. The van der Waals surface area contributed by atoms with Gasteiger partial charge in [0.2, 0.25) is 0 Å². The summed E-state index contributed by atoms with van der Waals surface area (Å²) < 4.78 is 48.4. The van der Waals surface area contributed by atoms with Crippen molar-refractivity contribution in [3.63, 3.8) is 0 Å². The highest BCUT2D eigenvalue weighted by molar-refractivity contribution is 7.91. The molecule has 1 fully saturated rings. The molecule has 2 N–H and O–H groups in total. The van der Waals surface area contributed by atoms with Gasteiger partial charge in [-0.2, -0.15) is 0 Å². The molecule has 18 heavy (non-hydrogen) atoms. The fraction of sp³-hybridized carbons (Fsp3) is 0.500. The van der Waals surface area contributed by atoms with Gasteiger partial charge in [0.15, 0.2) is 21.5 Å². The Hall–Kier alpha value is -1.01. The largest absolute Gasteiger partial charge is 0.327 e. The summed E-state index contributed by atoms with van der Waals surface area (Å²) in [6.07, 6.45) is 0.907. The highest BCUT2D eigenvalue weighted by Crippen LogP contribution is 2.23. The number of rotatable bonds is 3. The van der Waals surface area contributed by atoms with E-state index in [4.69, 9.17) is 5.73 Å². The molecule has 100 valence electrons. The first-order valence-electron chi connectivity index (χ1n) is 5.77. The molecule has 0 aromatic heterocycles. The van der Waals surface area contributed by atoms with Gasteiger partial charge in [0.1, 0.15) is 0 Å². The second-order valence-electron chi connectivity index (χ2n) is 4.78. The van der Waals surface area contributed by atoms with Gasteiger partial charge < -0.3 is 5.73 Å². The van der Waals surface area contributed by atoms with Gasteiger partial charge in [-0.1, -0.05) is 6.07 Å². The molecule has 2 unspecified atom stereocenters. The van der Waals surface area contributed by atoms with Crippen LogP contribution in [0.4, 0.5) is 8.78 Å². The predicted molar refractivity (Wildman–Crippen MR) is 64.8 cm³/mol. The normalized spacial score (nSPS) is 24.1. The molecule has 2 atom stereocenters. The molecular formula is C12H15F2NO2S. The summed E-state index contributed by atoms with van der Waals surface area (Å²) in [5, 5.41) is 0. The molecule has 3 nitrogen and oxygen atoms in total. The molecule has 0 radical (unpaired) electrons. The van der Waals surface area contributed by atoms with Gasteiger partial charge in [0.25, 0.3) is 0 Å². The lowest BCUT2D eigenvalue weighted by molar-refractivity contribution is 0.457. The summed E-state index contributed by atoms with van der Waals surface area (Å²) >= 11 is 0. The monoisotopic (exact) mass is 275 g/mol. The Balaban J connectivity index is 2.03. The third-order valence-electron chi connectivity index (χ3n) is 3.33. The second-order valence-corrected chi connectivity index (χ2v) is 7.01. The third kappa shape index (κ3) is 3.05. The van der Waals surface area contributed by atoms with Crippen LogP contribution in [0, 0.1) is 17.6 Å². The van der Waals surface area contributed by atoms with Gasteiger partial charge in [0.05, 0.1) is 11.5 Å².